The molecule has 0 aliphatic heterocycles. The molecule has 0 amide bonds. The number of para-hydroxylation sites is 4. The third-order valence-electron chi connectivity index (χ3n) is 10.4. The molecule has 3 heteroatoms. The monoisotopic (exact) mass is 616 g/mol. The minimum atomic E-state index is -0.106. The number of furan rings is 1. The molecule has 0 saturated carbocycles. The van der Waals surface area contributed by atoms with Crippen molar-refractivity contribution in [2.45, 2.75) is 19.3 Å². The summed E-state index contributed by atoms with van der Waals surface area (Å²) >= 11 is 0. The van der Waals surface area contributed by atoms with Gasteiger partial charge in [-0.15, -0.1) is 0 Å². The first-order valence-electron chi connectivity index (χ1n) is 16.6. The molecule has 0 radical (unpaired) electrons. The Bertz CT molecular complexity index is 2660. The van der Waals surface area contributed by atoms with Crippen molar-refractivity contribution >= 4 is 60.8 Å². The van der Waals surface area contributed by atoms with Crippen molar-refractivity contribution in [2.24, 2.45) is 0 Å². The van der Waals surface area contributed by atoms with Crippen molar-refractivity contribution in [2.75, 3.05) is 4.90 Å². The first kappa shape index (κ1) is 27.1. The van der Waals surface area contributed by atoms with Crippen molar-refractivity contribution in [3.05, 3.63) is 169 Å². The summed E-state index contributed by atoms with van der Waals surface area (Å²) in [6.45, 7) is 4.71. The normalized spacial score (nSPS) is 13.4. The maximum absolute atomic E-state index is 6.64. The van der Waals surface area contributed by atoms with Gasteiger partial charge in [0.25, 0.3) is 0 Å². The van der Waals surface area contributed by atoms with Gasteiger partial charge in [-0.1, -0.05) is 105 Å². The number of nitrogens with zero attached hydrogens (tertiary/aromatic N) is 2. The molecule has 0 saturated heterocycles. The Morgan fingerprint density at radius 2 is 1.15 bits per heavy atom. The van der Waals surface area contributed by atoms with Crippen LogP contribution in [0.3, 0.4) is 0 Å². The van der Waals surface area contributed by atoms with Crippen molar-refractivity contribution in [1.29, 1.82) is 0 Å². The molecule has 1 aliphatic rings. The average Bonchev–Trinajstić information content (AvgIpc) is 3.74. The van der Waals surface area contributed by atoms with E-state index in [0.29, 0.717) is 0 Å². The van der Waals surface area contributed by atoms with E-state index in [4.69, 9.17) is 4.42 Å². The number of benzene rings is 7. The summed E-state index contributed by atoms with van der Waals surface area (Å²) in [5.41, 5.74) is 13.8. The Balaban J connectivity index is 1.31. The van der Waals surface area contributed by atoms with Crippen LogP contribution < -0.4 is 4.90 Å². The van der Waals surface area contributed by atoms with Gasteiger partial charge in [0.05, 0.1) is 16.7 Å². The van der Waals surface area contributed by atoms with Crippen molar-refractivity contribution < 1.29 is 4.42 Å². The number of anilines is 3. The maximum Gasteiger partial charge on any atom is 0.159 e. The first-order chi connectivity index (χ1) is 23.6. The second-order valence-electron chi connectivity index (χ2n) is 13.4. The topological polar surface area (TPSA) is 21.3 Å². The highest BCUT2D eigenvalue weighted by Crippen LogP contribution is 2.51. The molecule has 228 valence electrons. The van der Waals surface area contributed by atoms with Gasteiger partial charge < -0.3 is 13.9 Å². The highest BCUT2D eigenvalue weighted by atomic mass is 16.3. The van der Waals surface area contributed by atoms with Gasteiger partial charge in [0.1, 0.15) is 5.58 Å². The molecule has 0 fully saturated rings. The number of aromatic nitrogens is 1. The van der Waals surface area contributed by atoms with Gasteiger partial charge in [-0.05, 0) is 89.0 Å². The Hall–Kier alpha value is -6.06. The van der Waals surface area contributed by atoms with Gasteiger partial charge in [-0.25, -0.2) is 0 Å². The maximum atomic E-state index is 6.64. The molecule has 2 heterocycles. The van der Waals surface area contributed by atoms with Crippen LogP contribution in [0.5, 0.6) is 0 Å². The quantitative estimate of drug-likeness (QED) is 0.196. The van der Waals surface area contributed by atoms with Crippen LogP contribution in [0.2, 0.25) is 0 Å². The molecule has 0 spiro atoms. The van der Waals surface area contributed by atoms with Gasteiger partial charge in [0, 0.05) is 44.0 Å². The Morgan fingerprint density at radius 1 is 0.479 bits per heavy atom. The van der Waals surface area contributed by atoms with Crippen LogP contribution in [0.1, 0.15) is 25.0 Å². The average molecular weight is 617 g/mol. The lowest BCUT2D eigenvalue weighted by atomic mass is 9.82. The summed E-state index contributed by atoms with van der Waals surface area (Å²) in [4.78, 5) is 2.34. The summed E-state index contributed by atoms with van der Waals surface area (Å²) in [5.74, 6) is 0. The number of hydrogen-bond donors (Lipinski definition) is 0. The van der Waals surface area contributed by atoms with Crippen LogP contribution in [-0.4, -0.2) is 4.57 Å². The van der Waals surface area contributed by atoms with Gasteiger partial charge in [0.15, 0.2) is 5.58 Å². The molecule has 48 heavy (non-hydrogen) atoms. The van der Waals surface area contributed by atoms with E-state index < -0.39 is 0 Å². The SMILES string of the molecule is CC1(C)c2ccccc2-c2cc3c(cc21)c1cc(N(c2ccccc2)c2ccccc2)ccc1n3-c1cccc2c1oc1ccccc12. The fourth-order valence-electron chi connectivity index (χ4n) is 8.11. The molecular formula is C45H32N2O. The number of rotatable bonds is 4. The molecule has 0 bridgehead atoms. The molecule has 10 rings (SSSR count). The second-order valence-corrected chi connectivity index (χ2v) is 13.4. The molecule has 2 aromatic heterocycles. The van der Waals surface area contributed by atoms with E-state index in [0.717, 1.165) is 50.2 Å². The summed E-state index contributed by atoms with van der Waals surface area (Å²) in [6.07, 6.45) is 0. The largest absolute Gasteiger partial charge is 0.454 e. The van der Waals surface area contributed by atoms with Gasteiger partial charge in [-0.2, -0.15) is 0 Å². The fraction of sp³-hybridized carbons (Fsp3) is 0.0667. The molecular weight excluding hydrogens is 585 g/mol. The third kappa shape index (κ3) is 3.76. The van der Waals surface area contributed by atoms with Crippen LogP contribution in [0, 0.1) is 0 Å². The van der Waals surface area contributed by atoms with Crippen molar-refractivity contribution in [1.82, 2.24) is 4.57 Å². The molecule has 1 aliphatic carbocycles. The smallest absolute Gasteiger partial charge is 0.159 e. The van der Waals surface area contributed by atoms with E-state index in [9.17, 15) is 0 Å². The van der Waals surface area contributed by atoms with Gasteiger partial charge in [0.2, 0.25) is 0 Å². The predicted octanol–water partition coefficient (Wildman–Crippen LogP) is 12.5. The van der Waals surface area contributed by atoms with E-state index in [2.05, 4.69) is 175 Å². The van der Waals surface area contributed by atoms with Crippen molar-refractivity contribution in [3.8, 4) is 16.8 Å². The predicted molar refractivity (Wildman–Crippen MR) is 200 cm³/mol. The van der Waals surface area contributed by atoms with Crippen LogP contribution in [0.25, 0.3) is 60.6 Å². The minimum absolute atomic E-state index is 0.106. The lowest BCUT2D eigenvalue weighted by Crippen LogP contribution is -2.14. The third-order valence-corrected chi connectivity index (χ3v) is 10.4. The summed E-state index contributed by atoms with van der Waals surface area (Å²) in [7, 11) is 0. The molecule has 3 nitrogen and oxygen atoms in total. The Morgan fingerprint density at radius 3 is 1.94 bits per heavy atom. The van der Waals surface area contributed by atoms with Crippen molar-refractivity contribution in [3.63, 3.8) is 0 Å². The molecule has 0 unspecified atom stereocenters. The number of hydrogen-bond acceptors (Lipinski definition) is 2. The Kier molecular flexibility index (Phi) is 5.63. The zero-order valence-electron chi connectivity index (χ0n) is 26.8. The Labute approximate surface area is 278 Å². The lowest BCUT2D eigenvalue weighted by Gasteiger charge is -2.25. The van der Waals surface area contributed by atoms with E-state index in [1.807, 2.05) is 6.07 Å². The van der Waals surface area contributed by atoms with E-state index >= 15 is 0 Å². The standard InChI is InChI=1S/C45H32N2O/c1-45(2)38-21-11-9-18-32(38)35-28-42-37(27-39(35)45)36-26-31(46(29-14-5-3-6-15-29)30-16-7-4-8-17-30)24-25-40(36)47(42)41-22-13-20-34-33-19-10-12-23-43(33)48-44(34)41/h3-28H,1-2H3. The van der Waals surface area contributed by atoms with Crippen LogP contribution >= 0.6 is 0 Å². The molecule has 0 atom stereocenters. The summed E-state index contributed by atoms with van der Waals surface area (Å²) in [5, 5.41) is 4.71. The van der Waals surface area contributed by atoms with Gasteiger partial charge in [-0.3, -0.25) is 0 Å². The highest BCUT2D eigenvalue weighted by molar-refractivity contribution is 6.15. The van der Waals surface area contributed by atoms with Crippen LogP contribution in [0.4, 0.5) is 17.1 Å². The zero-order chi connectivity index (χ0) is 32.0. The molecule has 9 aromatic rings. The summed E-state index contributed by atoms with van der Waals surface area (Å²) in [6, 6.07) is 56.8. The van der Waals surface area contributed by atoms with Crippen LogP contribution in [-0.2, 0) is 5.41 Å². The summed E-state index contributed by atoms with van der Waals surface area (Å²) < 4.78 is 9.06. The van der Waals surface area contributed by atoms with E-state index in [1.54, 1.807) is 0 Å². The highest BCUT2D eigenvalue weighted by Gasteiger charge is 2.36. The lowest BCUT2D eigenvalue weighted by molar-refractivity contribution is 0.661. The van der Waals surface area contributed by atoms with E-state index in [1.165, 1.54) is 38.5 Å². The number of fused-ring (bicyclic) bond motifs is 9. The first-order valence-corrected chi connectivity index (χ1v) is 16.6. The second kappa shape index (κ2) is 9.97. The van der Waals surface area contributed by atoms with Crippen LogP contribution in [0.15, 0.2) is 162 Å². The molecule has 7 aromatic carbocycles. The fourth-order valence-corrected chi connectivity index (χ4v) is 8.11. The van der Waals surface area contributed by atoms with E-state index in [-0.39, 0.29) is 5.41 Å². The van der Waals surface area contributed by atoms with Gasteiger partial charge >= 0.3 is 0 Å². The zero-order valence-corrected chi connectivity index (χ0v) is 26.8. The minimum Gasteiger partial charge on any atom is -0.454 e. The molecule has 0 N–H and O–H groups in total.